The Kier molecular flexibility index (Phi) is 3.89. The summed E-state index contributed by atoms with van der Waals surface area (Å²) in [4.78, 5) is 23.3. The van der Waals surface area contributed by atoms with Crippen molar-refractivity contribution in [1.29, 1.82) is 0 Å². The number of aryl methyl sites for hydroxylation is 1. The van der Waals surface area contributed by atoms with Crippen molar-refractivity contribution in [1.82, 2.24) is 0 Å². The van der Waals surface area contributed by atoms with E-state index in [0.29, 0.717) is 0 Å². The van der Waals surface area contributed by atoms with Crippen LogP contribution in [0.25, 0.3) is 0 Å². The van der Waals surface area contributed by atoms with Crippen LogP contribution >= 0.6 is 0 Å². The second kappa shape index (κ2) is 5.62. The van der Waals surface area contributed by atoms with Crippen molar-refractivity contribution >= 4 is 23.0 Å². The molecular formula is C15H14N2O4. The van der Waals surface area contributed by atoms with E-state index in [2.05, 4.69) is 0 Å². The van der Waals surface area contributed by atoms with Crippen molar-refractivity contribution in [3.63, 3.8) is 0 Å². The molecule has 0 spiro atoms. The molecule has 0 fully saturated rings. The average molecular weight is 286 g/mol. The van der Waals surface area contributed by atoms with Crippen LogP contribution in [0.1, 0.15) is 15.9 Å². The van der Waals surface area contributed by atoms with Crippen LogP contribution < -0.4 is 4.90 Å². The minimum atomic E-state index is -1.12. The molecule has 0 radical (unpaired) electrons. The van der Waals surface area contributed by atoms with Gasteiger partial charge in [-0.25, -0.2) is 4.79 Å². The summed E-state index contributed by atoms with van der Waals surface area (Å²) in [5.74, 6) is -1.12. The zero-order valence-electron chi connectivity index (χ0n) is 11.6. The molecule has 0 aliphatic heterocycles. The molecule has 0 atom stereocenters. The fraction of sp³-hybridized carbons (Fsp3) is 0.133. The normalized spacial score (nSPS) is 10.2. The minimum absolute atomic E-state index is 0.0102. The first-order valence-corrected chi connectivity index (χ1v) is 6.23. The van der Waals surface area contributed by atoms with Crippen LogP contribution in [0.15, 0.2) is 42.5 Å². The molecule has 2 rings (SSSR count). The lowest BCUT2D eigenvalue weighted by molar-refractivity contribution is -0.384. The molecule has 0 aliphatic rings. The summed E-state index contributed by atoms with van der Waals surface area (Å²) in [5.41, 5.74) is 1.84. The highest BCUT2D eigenvalue weighted by Crippen LogP contribution is 2.34. The molecule has 108 valence electrons. The molecule has 0 amide bonds. The SMILES string of the molecule is Cc1ccccc1N(C)c1cc(C(=O)O)ccc1[N+](=O)[O-]. The number of hydrogen-bond donors (Lipinski definition) is 1. The number of aromatic carboxylic acids is 1. The topological polar surface area (TPSA) is 83.7 Å². The minimum Gasteiger partial charge on any atom is -0.478 e. The average Bonchev–Trinajstić information content (AvgIpc) is 2.46. The Balaban J connectivity index is 2.60. The molecule has 0 heterocycles. The molecule has 0 bridgehead atoms. The van der Waals surface area contributed by atoms with Gasteiger partial charge in [-0.1, -0.05) is 18.2 Å². The van der Waals surface area contributed by atoms with Crippen molar-refractivity contribution < 1.29 is 14.8 Å². The molecule has 0 saturated heterocycles. The molecule has 0 aliphatic carbocycles. The van der Waals surface area contributed by atoms with E-state index in [4.69, 9.17) is 5.11 Å². The van der Waals surface area contributed by atoms with E-state index in [0.717, 1.165) is 11.3 Å². The Bertz CT molecular complexity index is 713. The Hall–Kier alpha value is -2.89. The van der Waals surface area contributed by atoms with Crippen molar-refractivity contribution in [2.45, 2.75) is 6.92 Å². The van der Waals surface area contributed by atoms with Gasteiger partial charge in [0.25, 0.3) is 5.69 Å². The van der Waals surface area contributed by atoms with Crippen LogP contribution in [0.3, 0.4) is 0 Å². The number of nitrogens with zero attached hydrogens (tertiary/aromatic N) is 2. The summed E-state index contributed by atoms with van der Waals surface area (Å²) in [6, 6.07) is 11.2. The highest BCUT2D eigenvalue weighted by atomic mass is 16.6. The fourth-order valence-corrected chi connectivity index (χ4v) is 2.15. The van der Waals surface area contributed by atoms with Crippen LogP contribution in [0.5, 0.6) is 0 Å². The zero-order chi connectivity index (χ0) is 15.6. The third kappa shape index (κ3) is 2.84. The van der Waals surface area contributed by atoms with E-state index in [1.807, 2.05) is 31.2 Å². The number of nitro groups is 1. The number of carbonyl (C=O) groups is 1. The zero-order valence-corrected chi connectivity index (χ0v) is 11.6. The van der Waals surface area contributed by atoms with Crippen LogP contribution in [0.2, 0.25) is 0 Å². The summed E-state index contributed by atoms with van der Waals surface area (Å²) in [7, 11) is 1.68. The Morgan fingerprint density at radius 1 is 1.19 bits per heavy atom. The smallest absolute Gasteiger partial charge is 0.335 e. The maximum atomic E-state index is 11.2. The van der Waals surface area contributed by atoms with Gasteiger partial charge in [-0.05, 0) is 30.7 Å². The fourth-order valence-electron chi connectivity index (χ4n) is 2.15. The van der Waals surface area contributed by atoms with E-state index >= 15 is 0 Å². The lowest BCUT2D eigenvalue weighted by Crippen LogP contribution is -2.13. The van der Waals surface area contributed by atoms with Gasteiger partial charge in [0.1, 0.15) is 5.69 Å². The molecule has 0 saturated carbocycles. The van der Waals surface area contributed by atoms with Crippen molar-refractivity contribution in [3.05, 3.63) is 63.7 Å². The molecule has 0 aromatic heterocycles. The summed E-state index contributed by atoms with van der Waals surface area (Å²) in [6.07, 6.45) is 0. The lowest BCUT2D eigenvalue weighted by Gasteiger charge is -2.21. The second-order valence-corrected chi connectivity index (χ2v) is 4.61. The van der Waals surface area contributed by atoms with Crippen LogP contribution in [-0.2, 0) is 0 Å². The third-order valence-corrected chi connectivity index (χ3v) is 3.26. The molecule has 1 N–H and O–H groups in total. The first-order valence-electron chi connectivity index (χ1n) is 6.23. The van der Waals surface area contributed by atoms with E-state index in [-0.39, 0.29) is 16.9 Å². The number of benzene rings is 2. The van der Waals surface area contributed by atoms with Crippen LogP contribution in [0.4, 0.5) is 17.1 Å². The van der Waals surface area contributed by atoms with Gasteiger partial charge in [0.05, 0.1) is 10.5 Å². The second-order valence-electron chi connectivity index (χ2n) is 4.61. The van der Waals surface area contributed by atoms with Gasteiger partial charge in [-0.3, -0.25) is 10.1 Å². The van der Waals surface area contributed by atoms with Gasteiger partial charge < -0.3 is 10.0 Å². The molecule has 6 nitrogen and oxygen atoms in total. The molecule has 6 heteroatoms. The summed E-state index contributed by atoms with van der Waals surface area (Å²) in [5, 5.41) is 20.2. The van der Waals surface area contributed by atoms with Crippen molar-refractivity contribution in [2.75, 3.05) is 11.9 Å². The first-order chi connectivity index (χ1) is 9.91. The van der Waals surface area contributed by atoms with Gasteiger partial charge in [0, 0.05) is 18.8 Å². The Labute approximate surface area is 121 Å². The van der Waals surface area contributed by atoms with E-state index in [1.54, 1.807) is 11.9 Å². The number of carboxylic acid groups (broad SMARTS) is 1. The summed E-state index contributed by atoms with van der Waals surface area (Å²) in [6.45, 7) is 1.89. The van der Waals surface area contributed by atoms with Gasteiger partial charge in [-0.2, -0.15) is 0 Å². The van der Waals surface area contributed by atoms with Crippen LogP contribution in [0, 0.1) is 17.0 Å². The van der Waals surface area contributed by atoms with E-state index < -0.39 is 10.9 Å². The number of rotatable bonds is 4. The molecule has 2 aromatic carbocycles. The summed E-state index contributed by atoms with van der Waals surface area (Å²) >= 11 is 0. The van der Waals surface area contributed by atoms with Crippen LogP contribution in [-0.4, -0.2) is 23.0 Å². The third-order valence-electron chi connectivity index (χ3n) is 3.26. The number of carboxylic acids is 1. The molecule has 2 aromatic rings. The number of hydrogen-bond acceptors (Lipinski definition) is 4. The molecule has 0 unspecified atom stereocenters. The van der Waals surface area contributed by atoms with Crippen molar-refractivity contribution in [2.24, 2.45) is 0 Å². The lowest BCUT2D eigenvalue weighted by atomic mass is 10.1. The first kappa shape index (κ1) is 14.5. The van der Waals surface area contributed by atoms with Crippen molar-refractivity contribution in [3.8, 4) is 0 Å². The number of para-hydroxylation sites is 1. The standard InChI is InChI=1S/C15H14N2O4/c1-10-5-3-4-6-12(10)16(2)14-9-11(15(18)19)7-8-13(14)17(20)21/h3-9H,1-2H3,(H,18,19). The maximum Gasteiger partial charge on any atom is 0.335 e. The maximum absolute atomic E-state index is 11.2. The quantitative estimate of drug-likeness (QED) is 0.688. The predicted octanol–water partition coefficient (Wildman–Crippen LogP) is 3.37. The summed E-state index contributed by atoms with van der Waals surface area (Å²) < 4.78 is 0. The van der Waals surface area contributed by atoms with E-state index in [1.165, 1.54) is 18.2 Å². The van der Waals surface area contributed by atoms with E-state index in [9.17, 15) is 14.9 Å². The Morgan fingerprint density at radius 3 is 2.43 bits per heavy atom. The number of anilines is 2. The van der Waals surface area contributed by atoms with Gasteiger partial charge >= 0.3 is 5.97 Å². The molecule has 21 heavy (non-hydrogen) atoms. The molecular weight excluding hydrogens is 272 g/mol. The number of nitro benzene ring substituents is 1. The Morgan fingerprint density at radius 2 is 1.86 bits per heavy atom. The predicted molar refractivity (Wildman–Crippen MR) is 79.3 cm³/mol. The highest BCUT2D eigenvalue weighted by molar-refractivity contribution is 5.91. The van der Waals surface area contributed by atoms with Gasteiger partial charge in [-0.15, -0.1) is 0 Å². The van der Waals surface area contributed by atoms with Gasteiger partial charge in [0.15, 0.2) is 0 Å². The monoisotopic (exact) mass is 286 g/mol. The largest absolute Gasteiger partial charge is 0.478 e. The van der Waals surface area contributed by atoms with Gasteiger partial charge in [0.2, 0.25) is 0 Å². The highest BCUT2D eigenvalue weighted by Gasteiger charge is 2.21.